The van der Waals surface area contributed by atoms with Crippen LogP contribution in [0.4, 0.5) is 5.00 Å². The van der Waals surface area contributed by atoms with Crippen molar-refractivity contribution in [2.45, 2.75) is 15.7 Å². The lowest BCUT2D eigenvalue weighted by molar-refractivity contribution is 0.415. The Bertz CT molecular complexity index is 984. The highest BCUT2D eigenvalue weighted by molar-refractivity contribution is 7.93. The maximum absolute atomic E-state index is 13.0. The van der Waals surface area contributed by atoms with Crippen LogP contribution in [0.2, 0.25) is 0 Å². The van der Waals surface area contributed by atoms with E-state index in [1.165, 1.54) is 28.9 Å². The van der Waals surface area contributed by atoms with Gasteiger partial charge in [0.2, 0.25) is 9.84 Å². The summed E-state index contributed by atoms with van der Waals surface area (Å²) in [5.41, 5.74) is 1.14. The molecular weight excluding hydrogens is 364 g/mol. The van der Waals surface area contributed by atoms with Crippen molar-refractivity contribution >= 4 is 42.5 Å². The molecule has 0 bridgehead atoms. The Morgan fingerprint density at radius 2 is 2.21 bits per heavy atom. The molecule has 1 aliphatic heterocycles. The maximum Gasteiger partial charge on any atom is 0.233 e. The predicted octanol–water partition coefficient (Wildman–Crippen LogP) is 2.21. The van der Waals surface area contributed by atoms with E-state index in [1.807, 2.05) is 25.5 Å². The molecule has 0 spiro atoms. The van der Waals surface area contributed by atoms with Gasteiger partial charge >= 0.3 is 0 Å². The molecule has 0 radical (unpaired) electrons. The van der Waals surface area contributed by atoms with E-state index in [1.54, 1.807) is 10.6 Å². The first kappa shape index (κ1) is 16.1. The van der Waals surface area contributed by atoms with Crippen LogP contribution in [0.25, 0.3) is 4.96 Å². The van der Waals surface area contributed by atoms with Crippen molar-refractivity contribution in [1.29, 1.82) is 0 Å². The SMILES string of the molecule is CN(C)CCN1CCc2cc(S(=O)(=O)c3cnc4sccn34)sc21. The molecule has 4 rings (SSSR count). The van der Waals surface area contributed by atoms with Gasteiger partial charge in [-0.3, -0.25) is 4.40 Å². The van der Waals surface area contributed by atoms with Crippen LogP contribution in [0.5, 0.6) is 0 Å². The van der Waals surface area contributed by atoms with Crippen LogP contribution in [0.1, 0.15) is 5.56 Å². The molecule has 4 heterocycles. The molecule has 9 heteroatoms. The highest BCUT2D eigenvalue weighted by Gasteiger charge is 2.30. The number of sulfone groups is 1. The average Bonchev–Trinajstić information content (AvgIpc) is 3.24. The highest BCUT2D eigenvalue weighted by atomic mass is 32.2. The van der Waals surface area contributed by atoms with E-state index in [2.05, 4.69) is 14.8 Å². The van der Waals surface area contributed by atoms with Gasteiger partial charge in [0.1, 0.15) is 4.21 Å². The first-order valence-electron chi connectivity index (χ1n) is 7.65. The molecule has 0 saturated carbocycles. The number of aromatic nitrogens is 2. The van der Waals surface area contributed by atoms with Crippen LogP contribution in [0.15, 0.2) is 33.1 Å². The zero-order valence-electron chi connectivity index (χ0n) is 13.5. The molecule has 3 aromatic heterocycles. The van der Waals surface area contributed by atoms with Crippen molar-refractivity contribution < 1.29 is 8.42 Å². The number of imidazole rings is 1. The lowest BCUT2D eigenvalue weighted by Gasteiger charge is -2.20. The van der Waals surface area contributed by atoms with Gasteiger partial charge in [0.25, 0.3) is 0 Å². The van der Waals surface area contributed by atoms with Crippen molar-refractivity contribution in [3.63, 3.8) is 0 Å². The van der Waals surface area contributed by atoms with Crippen molar-refractivity contribution in [2.75, 3.05) is 38.6 Å². The molecular formula is C15H18N4O2S3. The van der Waals surface area contributed by atoms with Gasteiger partial charge in [0, 0.05) is 31.2 Å². The van der Waals surface area contributed by atoms with Gasteiger partial charge in [0.05, 0.1) is 11.2 Å². The van der Waals surface area contributed by atoms with Gasteiger partial charge in [0.15, 0.2) is 9.99 Å². The third-order valence-electron chi connectivity index (χ3n) is 4.17. The lowest BCUT2D eigenvalue weighted by atomic mass is 10.3. The second kappa shape index (κ2) is 5.83. The molecule has 0 amide bonds. The van der Waals surface area contributed by atoms with Crippen molar-refractivity contribution in [1.82, 2.24) is 14.3 Å². The summed E-state index contributed by atoms with van der Waals surface area (Å²) in [6.45, 7) is 2.84. The van der Waals surface area contributed by atoms with Crippen molar-refractivity contribution in [3.05, 3.63) is 29.4 Å². The summed E-state index contributed by atoms with van der Waals surface area (Å²) in [5, 5.41) is 3.19. The first-order chi connectivity index (χ1) is 11.5. The summed E-state index contributed by atoms with van der Waals surface area (Å²) < 4.78 is 28.1. The van der Waals surface area contributed by atoms with Gasteiger partial charge < -0.3 is 9.80 Å². The van der Waals surface area contributed by atoms with E-state index in [-0.39, 0.29) is 5.03 Å². The summed E-state index contributed by atoms with van der Waals surface area (Å²) in [4.78, 5) is 9.32. The molecule has 0 saturated heterocycles. The summed E-state index contributed by atoms with van der Waals surface area (Å²) in [6.07, 6.45) is 4.12. The van der Waals surface area contributed by atoms with E-state index in [0.717, 1.165) is 36.6 Å². The predicted molar refractivity (Wildman–Crippen MR) is 97.3 cm³/mol. The Morgan fingerprint density at radius 1 is 1.38 bits per heavy atom. The monoisotopic (exact) mass is 382 g/mol. The Kier molecular flexibility index (Phi) is 3.91. The van der Waals surface area contributed by atoms with Crippen LogP contribution < -0.4 is 4.90 Å². The fourth-order valence-electron chi connectivity index (χ4n) is 2.87. The Morgan fingerprint density at radius 3 is 3.00 bits per heavy atom. The minimum atomic E-state index is -3.54. The number of likely N-dealkylation sites (N-methyl/N-ethyl adjacent to an activating group) is 1. The quantitative estimate of drug-likeness (QED) is 0.677. The van der Waals surface area contributed by atoms with Crippen molar-refractivity contribution in [2.24, 2.45) is 0 Å². The minimum absolute atomic E-state index is 0.249. The second-order valence-corrected chi connectivity index (χ2v) is 10.1. The molecule has 0 aromatic carbocycles. The topological polar surface area (TPSA) is 57.9 Å². The Labute approximate surface area is 148 Å². The third-order valence-corrected chi connectivity index (χ3v) is 8.38. The highest BCUT2D eigenvalue weighted by Crippen LogP contribution is 2.40. The normalized spacial score (nSPS) is 14.9. The smallest absolute Gasteiger partial charge is 0.233 e. The van der Waals surface area contributed by atoms with E-state index < -0.39 is 9.84 Å². The second-order valence-electron chi connectivity index (χ2n) is 6.09. The van der Waals surface area contributed by atoms with Gasteiger partial charge in [-0.1, -0.05) is 0 Å². The maximum atomic E-state index is 13.0. The first-order valence-corrected chi connectivity index (χ1v) is 10.8. The Hall–Kier alpha value is -1.42. The van der Waals surface area contributed by atoms with E-state index in [0.29, 0.717) is 9.17 Å². The molecule has 3 aromatic rings. The van der Waals surface area contributed by atoms with Gasteiger partial charge in [-0.15, -0.1) is 22.7 Å². The minimum Gasteiger partial charge on any atom is -0.362 e. The fraction of sp³-hybridized carbons (Fsp3) is 0.400. The number of nitrogens with zero attached hydrogens (tertiary/aromatic N) is 4. The fourth-order valence-corrected chi connectivity index (χ4v) is 6.65. The molecule has 0 fully saturated rings. The molecule has 128 valence electrons. The van der Waals surface area contributed by atoms with Gasteiger partial charge in [-0.2, -0.15) is 0 Å². The molecule has 0 N–H and O–H groups in total. The third kappa shape index (κ3) is 2.55. The number of thiazole rings is 1. The summed E-state index contributed by atoms with van der Waals surface area (Å²) >= 11 is 2.81. The van der Waals surface area contributed by atoms with E-state index in [9.17, 15) is 8.42 Å². The van der Waals surface area contributed by atoms with E-state index >= 15 is 0 Å². The molecule has 0 atom stereocenters. The Balaban J connectivity index is 1.68. The molecule has 24 heavy (non-hydrogen) atoms. The van der Waals surface area contributed by atoms with Crippen LogP contribution in [-0.4, -0.2) is 56.4 Å². The standard InChI is InChI=1S/C15H18N4O2S3/c1-17(2)5-6-18-4-3-11-9-13(23-14(11)18)24(20,21)12-10-16-15-19(12)7-8-22-15/h7-10H,3-6H2,1-2H3. The molecule has 0 unspecified atom stereocenters. The number of rotatable bonds is 5. The number of fused-ring (bicyclic) bond motifs is 2. The molecule has 0 aliphatic carbocycles. The summed E-state index contributed by atoms with van der Waals surface area (Å²) in [6, 6.07) is 1.84. The van der Waals surface area contributed by atoms with Crippen LogP contribution in [0.3, 0.4) is 0 Å². The lowest BCUT2D eigenvalue weighted by Crippen LogP contribution is -2.29. The number of hydrogen-bond acceptors (Lipinski definition) is 7. The number of anilines is 1. The largest absolute Gasteiger partial charge is 0.362 e. The van der Waals surface area contributed by atoms with Gasteiger partial charge in [-0.05, 0) is 32.1 Å². The van der Waals surface area contributed by atoms with Crippen LogP contribution in [-0.2, 0) is 16.3 Å². The zero-order valence-corrected chi connectivity index (χ0v) is 15.9. The van der Waals surface area contributed by atoms with Crippen LogP contribution >= 0.6 is 22.7 Å². The summed E-state index contributed by atoms with van der Waals surface area (Å²) in [7, 11) is 0.561. The zero-order chi connectivity index (χ0) is 16.9. The molecule has 1 aliphatic rings. The molecule has 6 nitrogen and oxygen atoms in total. The number of thiophene rings is 1. The van der Waals surface area contributed by atoms with Crippen molar-refractivity contribution in [3.8, 4) is 0 Å². The van der Waals surface area contributed by atoms with Gasteiger partial charge in [-0.25, -0.2) is 13.4 Å². The van der Waals surface area contributed by atoms with Crippen LogP contribution in [0, 0.1) is 0 Å². The average molecular weight is 383 g/mol. The summed E-state index contributed by atoms with van der Waals surface area (Å²) in [5.74, 6) is 0. The van der Waals surface area contributed by atoms with E-state index in [4.69, 9.17) is 0 Å². The number of hydrogen-bond donors (Lipinski definition) is 0.